The number of carbonyl (C=O) groups is 1. The van der Waals surface area contributed by atoms with E-state index >= 15 is 0 Å². The summed E-state index contributed by atoms with van der Waals surface area (Å²) in [7, 11) is 0. The van der Waals surface area contributed by atoms with Gasteiger partial charge in [0.2, 0.25) is 0 Å². The summed E-state index contributed by atoms with van der Waals surface area (Å²) in [4.78, 5) is 10.5. The van der Waals surface area contributed by atoms with Crippen molar-refractivity contribution in [2.24, 2.45) is 5.73 Å². The third-order valence-electron chi connectivity index (χ3n) is 1.87. The van der Waals surface area contributed by atoms with Crippen LogP contribution in [0.2, 0.25) is 0 Å². The van der Waals surface area contributed by atoms with Crippen molar-refractivity contribution >= 4 is 17.8 Å². The normalized spacial score (nSPS) is 11.1. The maximum absolute atomic E-state index is 13.2. The minimum atomic E-state index is -1.33. The summed E-state index contributed by atoms with van der Waals surface area (Å²) in [6.45, 7) is 0. The zero-order valence-electron chi connectivity index (χ0n) is 7.70. The number of rotatable bonds is 3. The average molecular weight is 208 g/mol. The van der Waals surface area contributed by atoms with Gasteiger partial charge in [0.05, 0.1) is 5.56 Å². The van der Waals surface area contributed by atoms with Gasteiger partial charge in [-0.3, -0.25) is 0 Å². The molecule has 1 aromatic carbocycles. The summed E-state index contributed by atoms with van der Waals surface area (Å²) < 4.78 is 13.2. The van der Waals surface area contributed by atoms with Crippen molar-refractivity contribution in [3.63, 3.8) is 0 Å². The van der Waals surface area contributed by atoms with E-state index < -0.39 is 17.3 Å². The first-order valence-corrected chi connectivity index (χ1v) is 4.05. The van der Waals surface area contributed by atoms with Crippen LogP contribution in [0.3, 0.4) is 0 Å². The molecule has 0 aliphatic heterocycles. The maximum Gasteiger partial charge on any atom is 0.338 e. The fourth-order valence-corrected chi connectivity index (χ4v) is 1.10. The van der Waals surface area contributed by atoms with Crippen LogP contribution >= 0.6 is 0 Å². The van der Waals surface area contributed by atoms with Crippen LogP contribution in [0.4, 0.5) is 4.39 Å². The van der Waals surface area contributed by atoms with Crippen molar-refractivity contribution in [3.05, 3.63) is 41.3 Å². The van der Waals surface area contributed by atoms with Gasteiger partial charge in [-0.1, -0.05) is 6.07 Å². The van der Waals surface area contributed by atoms with Crippen LogP contribution in [-0.2, 0) is 0 Å². The Morgan fingerprint density at radius 3 is 2.60 bits per heavy atom. The number of allylic oxidation sites excluding steroid dienone is 1. The Morgan fingerprint density at radius 2 is 2.20 bits per heavy atom. The van der Waals surface area contributed by atoms with Crippen LogP contribution in [0.5, 0.6) is 0 Å². The number of nitrogens with two attached hydrogens (primary N) is 1. The Morgan fingerprint density at radius 1 is 1.53 bits per heavy atom. The van der Waals surface area contributed by atoms with Gasteiger partial charge in [0.15, 0.2) is 0 Å². The first-order chi connectivity index (χ1) is 7.10. The van der Waals surface area contributed by atoms with E-state index in [1.54, 1.807) is 0 Å². The van der Waals surface area contributed by atoms with Crippen LogP contribution in [0, 0.1) is 11.2 Å². The van der Waals surface area contributed by atoms with Crippen molar-refractivity contribution in [2.75, 3.05) is 0 Å². The summed E-state index contributed by atoms with van der Waals surface area (Å²) in [5.74, 6) is -2.17. The molecule has 1 aromatic rings. The lowest BCUT2D eigenvalue weighted by atomic mass is 10.1. The molecule has 0 saturated carbocycles. The number of nitrogens with one attached hydrogen (secondary N) is 1. The van der Waals surface area contributed by atoms with Crippen molar-refractivity contribution in [1.29, 1.82) is 5.41 Å². The number of carboxylic acids is 1. The molecule has 1 rings (SSSR count). The summed E-state index contributed by atoms with van der Waals surface area (Å²) in [6.07, 6.45) is 2.12. The topological polar surface area (TPSA) is 87.2 Å². The van der Waals surface area contributed by atoms with Gasteiger partial charge < -0.3 is 16.2 Å². The quantitative estimate of drug-likeness (QED) is 0.657. The van der Waals surface area contributed by atoms with E-state index in [0.29, 0.717) is 11.1 Å². The standard InChI is InChI=1S/C10H9FN2O2/c11-9-3-6(7(4-12)5-13)1-2-8(9)10(14)15/h1-5,12H,13H2,(H,14,15)/b7-5+,12-4?. The van der Waals surface area contributed by atoms with Crippen molar-refractivity contribution in [2.45, 2.75) is 0 Å². The Balaban J connectivity index is 3.23. The molecule has 4 N–H and O–H groups in total. The van der Waals surface area contributed by atoms with Gasteiger partial charge in [-0.15, -0.1) is 0 Å². The predicted octanol–water partition coefficient (Wildman–Crippen LogP) is 1.47. The van der Waals surface area contributed by atoms with Crippen LogP contribution < -0.4 is 5.73 Å². The van der Waals surface area contributed by atoms with Gasteiger partial charge in [-0.2, -0.15) is 0 Å². The van der Waals surface area contributed by atoms with E-state index in [2.05, 4.69) is 0 Å². The second-order valence-electron chi connectivity index (χ2n) is 2.77. The molecule has 4 nitrogen and oxygen atoms in total. The largest absolute Gasteiger partial charge is 0.478 e. The maximum atomic E-state index is 13.2. The fourth-order valence-electron chi connectivity index (χ4n) is 1.10. The molecule has 0 saturated heterocycles. The summed E-state index contributed by atoms with van der Waals surface area (Å²) >= 11 is 0. The summed E-state index contributed by atoms with van der Waals surface area (Å²) in [5, 5.41) is 15.6. The molecule has 0 fully saturated rings. The average Bonchev–Trinajstić information content (AvgIpc) is 2.19. The molecule has 0 unspecified atom stereocenters. The van der Waals surface area contributed by atoms with Gasteiger partial charge in [0.1, 0.15) is 5.82 Å². The molecule has 0 aliphatic rings. The highest BCUT2D eigenvalue weighted by Gasteiger charge is 2.11. The first kappa shape index (κ1) is 10.9. The third-order valence-corrected chi connectivity index (χ3v) is 1.87. The van der Waals surface area contributed by atoms with E-state index in [1.165, 1.54) is 6.07 Å². The van der Waals surface area contributed by atoms with Crippen LogP contribution in [0.25, 0.3) is 5.57 Å². The van der Waals surface area contributed by atoms with Crippen LogP contribution in [-0.4, -0.2) is 17.3 Å². The molecule has 0 amide bonds. The Kier molecular flexibility index (Phi) is 3.17. The molecular weight excluding hydrogens is 199 g/mol. The molecule has 0 bridgehead atoms. The molecule has 78 valence electrons. The second kappa shape index (κ2) is 4.36. The number of halogens is 1. The zero-order valence-corrected chi connectivity index (χ0v) is 7.70. The van der Waals surface area contributed by atoms with E-state index in [0.717, 1.165) is 24.5 Å². The van der Waals surface area contributed by atoms with Gasteiger partial charge in [-0.25, -0.2) is 9.18 Å². The van der Waals surface area contributed by atoms with E-state index in [4.69, 9.17) is 16.2 Å². The number of aromatic carboxylic acids is 1. The van der Waals surface area contributed by atoms with Crippen LogP contribution in [0.15, 0.2) is 24.4 Å². The molecule has 0 aliphatic carbocycles. The summed E-state index contributed by atoms with van der Waals surface area (Å²) in [6, 6.07) is 3.57. The van der Waals surface area contributed by atoms with Gasteiger partial charge >= 0.3 is 5.97 Å². The predicted molar refractivity (Wildman–Crippen MR) is 54.3 cm³/mol. The molecule has 5 heteroatoms. The molecule has 15 heavy (non-hydrogen) atoms. The van der Waals surface area contributed by atoms with Crippen LogP contribution in [0.1, 0.15) is 15.9 Å². The highest BCUT2D eigenvalue weighted by molar-refractivity contribution is 6.08. The van der Waals surface area contributed by atoms with Crippen molar-refractivity contribution in [1.82, 2.24) is 0 Å². The zero-order chi connectivity index (χ0) is 11.4. The smallest absolute Gasteiger partial charge is 0.338 e. The molecule has 0 spiro atoms. The lowest BCUT2D eigenvalue weighted by molar-refractivity contribution is 0.0692. The molecule has 0 heterocycles. The Hall–Kier alpha value is -2.17. The first-order valence-electron chi connectivity index (χ1n) is 4.05. The number of benzene rings is 1. The second-order valence-corrected chi connectivity index (χ2v) is 2.77. The number of hydrogen-bond acceptors (Lipinski definition) is 3. The SMILES string of the molecule is N=C/C(=C\N)c1ccc(C(=O)O)c(F)c1. The van der Waals surface area contributed by atoms with E-state index in [1.807, 2.05) is 0 Å². The molecule has 0 radical (unpaired) electrons. The molecule has 0 atom stereocenters. The number of carboxylic acid groups (broad SMARTS) is 1. The number of hydrogen-bond donors (Lipinski definition) is 3. The highest BCUT2D eigenvalue weighted by atomic mass is 19.1. The van der Waals surface area contributed by atoms with Crippen molar-refractivity contribution < 1.29 is 14.3 Å². The molecule has 0 aromatic heterocycles. The van der Waals surface area contributed by atoms with Gasteiger partial charge in [0, 0.05) is 18.0 Å². The third kappa shape index (κ3) is 2.19. The Labute approximate surface area is 85.3 Å². The van der Waals surface area contributed by atoms with Gasteiger partial charge in [0.25, 0.3) is 0 Å². The van der Waals surface area contributed by atoms with Gasteiger partial charge in [-0.05, 0) is 17.7 Å². The molecular formula is C10H9FN2O2. The minimum absolute atomic E-state index is 0.325. The van der Waals surface area contributed by atoms with Crippen molar-refractivity contribution in [3.8, 4) is 0 Å². The van der Waals surface area contributed by atoms with E-state index in [9.17, 15) is 9.18 Å². The van der Waals surface area contributed by atoms with E-state index in [-0.39, 0.29) is 0 Å². The lowest BCUT2D eigenvalue weighted by Gasteiger charge is -2.02. The lowest BCUT2D eigenvalue weighted by Crippen LogP contribution is -2.01. The highest BCUT2D eigenvalue weighted by Crippen LogP contribution is 2.16. The minimum Gasteiger partial charge on any atom is -0.478 e. The fraction of sp³-hybridized carbons (Fsp3) is 0. The summed E-state index contributed by atoms with van der Waals surface area (Å²) in [5.41, 5.74) is 5.50. The Bertz CT molecular complexity index is 441. The monoisotopic (exact) mass is 208 g/mol.